The first-order valence-corrected chi connectivity index (χ1v) is 6.64. The van der Waals surface area contributed by atoms with Crippen molar-refractivity contribution in [2.75, 3.05) is 4.72 Å². The topological polar surface area (TPSA) is 59.1 Å². The Labute approximate surface area is 98.3 Å². The van der Waals surface area contributed by atoms with E-state index in [1.54, 1.807) is 32.9 Å². The number of nitrogens with one attached hydrogen (secondary N) is 1. The summed E-state index contributed by atoms with van der Waals surface area (Å²) in [5.74, 6) is 0. The van der Waals surface area contributed by atoms with Crippen LogP contribution in [-0.4, -0.2) is 18.1 Å². The first-order valence-electron chi connectivity index (χ1n) is 4.36. The molecule has 84 valence electrons. The molecule has 0 spiro atoms. The summed E-state index contributed by atoms with van der Waals surface area (Å²) in [6.45, 7) is 4.93. The van der Waals surface area contributed by atoms with Crippen molar-refractivity contribution in [2.45, 2.75) is 25.5 Å². The zero-order valence-electron chi connectivity index (χ0n) is 8.78. The van der Waals surface area contributed by atoms with Crippen molar-refractivity contribution in [3.05, 3.63) is 22.9 Å². The second kappa shape index (κ2) is 4.09. The van der Waals surface area contributed by atoms with Crippen LogP contribution in [-0.2, 0) is 10.0 Å². The number of halogens is 1. The van der Waals surface area contributed by atoms with E-state index in [1.165, 1.54) is 6.20 Å². The minimum atomic E-state index is -3.37. The van der Waals surface area contributed by atoms with Gasteiger partial charge >= 0.3 is 0 Å². The van der Waals surface area contributed by atoms with Gasteiger partial charge in [0.2, 0.25) is 10.0 Å². The van der Waals surface area contributed by atoms with Gasteiger partial charge in [-0.25, -0.2) is 13.4 Å². The molecular weight excluding hydrogens is 280 g/mol. The molecule has 1 aromatic heterocycles. The summed E-state index contributed by atoms with van der Waals surface area (Å²) < 4.78 is 25.8. The van der Waals surface area contributed by atoms with Crippen molar-refractivity contribution in [3.8, 4) is 0 Å². The molecule has 0 saturated heterocycles. The maximum absolute atomic E-state index is 11.8. The van der Waals surface area contributed by atoms with E-state index in [2.05, 4.69) is 25.6 Å². The predicted molar refractivity (Wildman–Crippen MR) is 64.2 cm³/mol. The van der Waals surface area contributed by atoms with Crippen LogP contribution < -0.4 is 4.72 Å². The van der Waals surface area contributed by atoms with Gasteiger partial charge in [0.25, 0.3) is 0 Å². The number of sulfonamides is 1. The molecule has 6 heteroatoms. The molecule has 1 rings (SSSR count). The highest BCUT2D eigenvalue weighted by molar-refractivity contribution is 9.10. The molecule has 15 heavy (non-hydrogen) atoms. The molecular formula is C9H13BrN2O2S. The largest absolute Gasteiger partial charge is 0.283 e. The van der Waals surface area contributed by atoms with E-state index in [1.807, 2.05) is 0 Å². The van der Waals surface area contributed by atoms with Crippen molar-refractivity contribution >= 4 is 31.6 Å². The fourth-order valence-corrected chi connectivity index (χ4v) is 1.88. The third kappa shape index (κ3) is 3.17. The molecule has 1 N–H and O–H groups in total. The number of hydrogen-bond acceptors (Lipinski definition) is 3. The summed E-state index contributed by atoms with van der Waals surface area (Å²) in [6.07, 6.45) is 1.53. The summed E-state index contributed by atoms with van der Waals surface area (Å²) in [5.41, 5.74) is 0.506. The lowest BCUT2D eigenvalue weighted by atomic mass is 10.3. The van der Waals surface area contributed by atoms with Crippen molar-refractivity contribution in [3.63, 3.8) is 0 Å². The molecule has 0 aliphatic rings. The average Bonchev–Trinajstić information content (AvgIpc) is 2.00. The van der Waals surface area contributed by atoms with E-state index >= 15 is 0 Å². The molecule has 0 fully saturated rings. The van der Waals surface area contributed by atoms with Crippen LogP contribution in [0.2, 0.25) is 0 Å². The molecule has 0 saturated carbocycles. The van der Waals surface area contributed by atoms with Gasteiger partial charge in [-0.3, -0.25) is 4.72 Å². The number of rotatable bonds is 2. The van der Waals surface area contributed by atoms with E-state index in [9.17, 15) is 8.42 Å². The monoisotopic (exact) mass is 292 g/mol. The summed E-state index contributed by atoms with van der Waals surface area (Å²) in [5, 5.41) is 0. The standard InChI is InChI=1S/C9H13BrN2O2S/c1-9(2,3)15(13,14)12-7-4-5-11-8(10)6-7/h4-6H,1-3H3,(H,11,12). The van der Waals surface area contributed by atoms with Gasteiger partial charge in [0, 0.05) is 6.20 Å². The highest BCUT2D eigenvalue weighted by Gasteiger charge is 2.28. The van der Waals surface area contributed by atoms with Gasteiger partial charge in [-0.15, -0.1) is 0 Å². The first-order chi connectivity index (χ1) is 6.72. The van der Waals surface area contributed by atoms with E-state index in [0.29, 0.717) is 10.3 Å². The van der Waals surface area contributed by atoms with Crippen molar-refractivity contribution in [2.24, 2.45) is 0 Å². The maximum Gasteiger partial charge on any atom is 0.237 e. The number of nitrogens with zero attached hydrogens (tertiary/aromatic N) is 1. The molecule has 0 unspecified atom stereocenters. The smallest absolute Gasteiger partial charge is 0.237 e. The van der Waals surface area contributed by atoms with E-state index in [0.717, 1.165) is 0 Å². The van der Waals surface area contributed by atoms with Crippen molar-refractivity contribution in [1.29, 1.82) is 0 Å². The first kappa shape index (κ1) is 12.4. The molecule has 1 heterocycles. The van der Waals surface area contributed by atoms with E-state index in [-0.39, 0.29) is 0 Å². The Morgan fingerprint density at radius 3 is 2.47 bits per heavy atom. The van der Waals surface area contributed by atoms with Crippen LogP contribution in [0.3, 0.4) is 0 Å². The fourth-order valence-electron chi connectivity index (χ4n) is 0.774. The predicted octanol–water partition coefficient (Wildman–Crippen LogP) is 2.38. The SMILES string of the molecule is CC(C)(C)S(=O)(=O)Nc1ccnc(Br)c1. The Morgan fingerprint density at radius 1 is 1.40 bits per heavy atom. The van der Waals surface area contributed by atoms with Gasteiger partial charge in [-0.2, -0.15) is 0 Å². The molecule has 0 bridgehead atoms. The van der Waals surface area contributed by atoms with Gasteiger partial charge in [-0.05, 0) is 48.8 Å². The van der Waals surface area contributed by atoms with E-state index < -0.39 is 14.8 Å². The van der Waals surface area contributed by atoms with Crippen LogP contribution in [0.1, 0.15) is 20.8 Å². The van der Waals surface area contributed by atoms with Crippen LogP contribution in [0.4, 0.5) is 5.69 Å². The Hall–Kier alpha value is -0.620. The van der Waals surface area contributed by atoms with Crippen LogP contribution >= 0.6 is 15.9 Å². The minimum absolute atomic E-state index is 0.506. The minimum Gasteiger partial charge on any atom is -0.283 e. The van der Waals surface area contributed by atoms with Gasteiger partial charge in [-0.1, -0.05) is 0 Å². The number of anilines is 1. The lowest BCUT2D eigenvalue weighted by Gasteiger charge is -2.20. The summed E-state index contributed by atoms with van der Waals surface area (Å²) in [6, 6.07) is 3.22. The number of pyridine rings is 1. The highest BCUT2D eigenvalue weighted by Crippen LogP contribution is 2.20. The van der Waals surface area contributed by atoms with Gasteiger partial charge in [0.15, 0.2) is 0 Å². The van der Waals surface area contributed by atoms with Crippen LogP contribution in [0.15, 0.2) is 22.9 Å². The molecule has 0 atom stereocenters. The van der Waals surface area contributed by atoms with Gasteiger partial charge < -0.3 is 0 Å². The Bertz CT molecular complexity index is 451. The third-order valence-corrected chi connectivity index (χ3v) is 4.34. The lowest BCUT2D eigenvalue weighted by Crippen LogP contribution is -2.33. The molecule has 4 nitrogen and oxygen atoms in total. The average molecular weight is 293 g/mol. The van der Waals surface area contributed by atoms with Crippen LogP contribution in [0.25, 0.3) is 0 Å². The van der Waals surface area contributed by atoms with Crippen LogP contribution in [0.5, 0.6) is 0 Å². The third-order valence-electron chi connectivity index (χ3n) is 1.78. The molecule has 0 amide bonds. The van der Waals surface area contributed by atoms with E-state index in [4.69, 9.17) is 0 Å². The molecule has 0 aliphatic carbocycles. The normalized spacial score (nSPS) is 12.5. The Balaban J connectivity index is 2.98. The quantitative estimate of drug-likeness (QED) is 0.852. The molecule has 0 radical (unpaired) electrons. The zero-order chi connectivity index (χ0) is 11.7. The van der Waals surface area contributed by atoms with Gasteiger partial charge in [0.1, 0.15) is 4.60 Å². The molecule has 0 aromatic carbocycles. The summed E-state index contributed by atoms with van der Waals surface area (Å²) in [7, 11) is -3.37. The second-order valence-electron chi connectivity index (χ2n) is 4.09. The maximum atomic E-state index is 11.8. The highest BCUT2D eigenvalue weighted by atomic mass is 79.9. The Kier molecular flexibility index (Phi) is 3.40. The molecule has 0 aliphatic heterocycles. The number of aromatic nitrogens is 1. The van der Waals surface area contributed by atoms with Crippen molar-refractivity contribution in [1.82, 2.24) is 4.98 Å². The zero-order valence-corrected chi connectivity index (χ0v) is 11.2. The summed E-state index contributed by atoms with van der Waals surface area (Å²) in [4.78, 5) is 3.91. The van der Waals surface area contributed by atoms with Crippen LogP contribution in [0, 0.1) is 0 Å². The number of hydrogen-bond donors (Lipinski definition) is 1. The Morgan fingerprint density at radius 2 is 2.00 bits per heavy atom. The lowest BCUT2D eigenvalue weighted by molar-refractivity contribution is 0.566. The summed E-state index contributed by atoms with van der Waals surface area (Å²) >= 11 is 3.17. The second-order valence-corrected chi connectivity index (χ2v) is 7.33. The molecule has 1 aromatic rings. The van der Waals surface area contributed by atoms with Crippen molar-refractivity contribution < 1.29 is 8.42 Å². The fraction of sp³-hybridized carbons (Fsp3) is 0.444. The van der Waals surface area contributed by atoms with Gasteiger partial charge in [0.05, 0.1) is 10.4 Å².